The number of hydrogen-bond donors (Lipinski definition) is 0. The van der Waals surface area contributed by atoms with Crippen LogP contribution in [0.2, 0.25) is 0 Å². The highest BCUT2D eigenvalue weighted by atomic mass is 16.5. The quantitative estimate of drug-likeness (QED) is 0.605. The summed E-state index contributed by atoms with van der Waals surface area (Å²) in [6, 6.07) is 11.7. The molecule has 31 heavy (non-hydrogen) atoms. The second-order valence-electron chi connectivity index (χ2n) is 8.13. The monoisotopic (exact) mass is 420 g/mol. The fourth-order valence-corrected chi connectivity index (χ4v) is 3.61. The molecule has 0 saturated carbocycles. The van der Waals surface area contributed by atoms with Crippen molar-refractivity contribution in [3.8, 4) is 11.4 Å². The summed E-state index contributed by atoms with van der Waals surface area (Å²) < 4.78 is 5.32. The molecule has 8 heteroatoms. The number of hydrogen-bond acceptors (Lipinski definition) is 7. The Kier molecular flexibility index (Phi) is 6.25. The van der Waals surface area contributed by atoms with Gasteiger partial charge in [0.25, 0.3) is 0 Å². The topological polar surface area (TPSA) is 88.2 Å². The minimum atomic E-state index is 0.112. The standard InChI is InChI=1S/C23H28N6O2/c1-16(2)22-24-17(3)15-19(25-22)28-11-13-29(14-12-28)21(30)10-9-20-26-23(27-31-20)18-7-5-4-6-8-18/h4-8,15-16H,9-14H2,1-3H3. The maximum absolute atomic E-state index is 12.7. The van der Waals surface area contributed by atoms with Crippen molar-refractivity contribution in [2.45, 2.75) is 39.5 Å². The second kappa shape index (κ2) is 9.24. The van der Waals surface area contributed by atoms with Gasteiger partial charge in [0.05, 0.1) is 0 Å². The average Bonchev–Trinajstić information content (AvgIpc) is 3.27. The first-order chi connectivity index (χ1) is 15.0. The van der Waals surface area contributed by atoms with E-state index in [1.165, 1.54) is 0 Å². The van der Waals surface area contributed by atoms with Crippen molar-refractivity contribution >= 4 is 11.7 Å². The molecule has 0 unspecified atom stereocenters. The van der Waals surface area contributed by atoms with Crippen molar-refractivity contribution in [3.63, 3.8) is 0 Å². The lowest BCUT2D eigenvalue weighted by molar-refractivity contribution is -0.131. The molecule has 0 N–H and O–H groups in total. The molecule has 8 nitrogen and oxygen atoms in total. The summed E-state index contributed by atoms with van der Waals surface area (Å²) in [6.45, 7) is 9.08. The summed E-state index contributed by atoms with van der Waals surface area (Å²) >= 11 is 0. The Labute approximate surface area is 182 Å². The predicted octanol–water partition coefficient (Wildman–Crippen LogP) is 3.24. The van der Waals surface area contributed by atoms with Crippen LogP contribution >= 0.6 is 0 Å². The summed E-state index contributed by atoms with van der Waals surface area (Å²) in [5.74, 6) is 3.25. The number of benzene rings is 1. The van der Waals surface area contributed by atoms with Crippen LogP contribution in [0.15, 0.2) is 40.9 Å². The van der Waals surface area contributed by atoms with E-state index < -0.39 is 0 Å². The third-order valence-electron chi connectivity index (χ3n) is 5.38. The van der Waals surface area contributed by atoms with Gasteiger partial charge in [0.15, 0.2) is 0 Å². The highest BCUT2D eigenvalue weighted by Gasteiger charge is 2.23. The van der Waals surface area contributed by atoms with E-state index in [-0.39, 0.29) is 11.8 Å². The van der Waals surface area contributed by atoms with E-state index in [4.69, 9.17) is 9.51 Å². The van der Waals surface area contributed by atoms with Gasteiger partial charge in [0.2, 0.25) is 17.6 Å². The van der Waals surface area contributed by atoms with Gasteiger partial charge in [0.1, 0.15) is 11.6 Å². The van der Waals surface area contributed by atoms with Gasteiger partial charge in [0, 0.05) is 62.3 Å². The molecule has 3 heterocycles. The molecular formula is C23H28N6O2. The van der Waals surface area contributed by atoms with Crippen LogP contribution in [0.25, 0.3) is 11.4 Å². The number of carbonyl (C=O) groups excluding carboxylic acids is 1. The van der Waals surface area contributed by atoms with Crippen molar-refractivity contribution in [2.24, 2.45) is 0 Å². The molecule has 1 fully saturated rings. The Morgan fingerprint density at radius 3 is 2.52 bits per heavy atom. The van der Waals surface area contributed by atoms with Crippen molar-refractivity contribution < 1.29 is 9.32 Å². The van der Waals surface area contributed by atoms with E-state index in [0.29, 0.717) is 37.6 Å². The van der Waals surface area contributed by atoms with Crippen LogP contribution in [0.1, 0.15) is 43.6 Å². The van der Waals surface area contributed by atoms with Gasteiger partial charge in [-0.2, -0.15) is 4.98 Å². The first-order valence-electron chi connectivity index (χ1n) is 10.8. The molecule has 0 radical (unpaired) electrons. The molecule has 1 aliphatic rings. The zero-order valence-corrected chi connectivity index (χ0v) is 18.3. The van der Waals surface area contributed by atoms with Crippen molar-refractivity contribution in [1.29, 1.82) is 0 Å². The Hall–Kier alpha value is -3.29. The molecule has 1 aromatic carbocycles. The van der Waals surface area contributed by atoms with Crippen molar-refractivity contribution in [2.75, 3.05) is 31.1 Å². The fraction of sp³-hybridized carbons (Fsp3) is 0.435. The molecule has 1 saturated heterocycles. The second-order valence-corrected chi connectivity index (χ2v) is 8.13. The zero-order chi connectivity index (χ0) is 21.8. The van der Waals surface area contributed by atoms with E-state index in [2.05, 4.69) is 33.9 Å². The van der Waals surface area contributed by atoms with E-state index in [9.17, 15) is 4.79 Å². The maximum Gasteiger partial charge on any atom is 0.227 e. The third-order valence-corrected chi connectivity index (χ3v) is 5.38. The minimum Gasteiger partial charge on any atom is -0.353 e. The fourth-order valence-electron chi connectivity index (χ4n) is 3.61. The number of aromatic nitrogens is 4. The Bertz CT molecular complexity index is 1030. The molecule has 0 bridgehead atoms. The maximum atomic E-state index is 12.7. The van der Waals surface area contributed by atoms with Crippen LogP contribution in [0.3, 0.4) is 0 Å². The largest absolute Gasteiger partial charge is 0.353 e. The van der Waals surface area contributed by atoms with Crippen molar-refractivity contribution in [3.05, 3.63) is 53.8 Å². The Balaban J connectivity index is 1.30. The minimum absolute atomic E-state index is 0.112. The normalized spacial score (nSPS) is 14.3. The summed E-state index contributed by atoms with van der Waals surface area (Å²) in [7, 11) is 0. The molecule has 2 aromatic heterocycles. The Morgan fingerprint density at radius 2 is 1.81 bits per heavy atom. The average molecular weight is 421 g/mol. The van der Waals surface area contributed by atoms with E-state index >= 15 is 0 Å². The molecule has 162 valence electrons. The third kappa shape index (κ3) is 5.07. The lowest BCUT2D eigenvalue weighted by Gasteiger charge is -2.35. The molecule has 3 aromatic rings. The number of amides is 1. The number of piperazine rings is 1. The highest BCUT2D eigenvalue weighted by molar-refractivity contribution is 5.76. The van der Waals surface area contributed by atoms with Gasteiger partial charge in [-0.3, -0.25) is 4.79 Å². The number of aryl methyl sites for hydroxylation is 2. The first kappa shape index (κ1) is 21.0. The molecule has 1 aliphatic heterocycles. The van der Waals surface area contributed by atoms with Crippen LogP contribution in [0.5, 0.6) is 0 Å². The number of anilines is 1. The van der Waals surface area contributed by atoms with Gasteiger partial charge >= 0.3 is 0 Å². The number of rotatable bonds is 6. The van der Waals surface area contributed by atoms with Gasteiger partial charge in [-0.05, 0) is 6.92 Å². The molecule has 4 rings (SSSR count). The molecule has 0 spiro atoms. The summed E-state index contributed by atoms with van der Waals surface area (Å²) in [4.78, 5) is 30.5. The number of carbonyl (C=O) groups is 1. The van der Waals surface area contributed by atoms with Crippen LogP contribution in [-0.4, -0.2) is 57.1 Å². The molecule has 0 atom stereocenters. The molecular weight excluding hydrogens is 392 g/mol. The first-order valence-corrected chi connectivity index (χ1v) is 10.8. The van der Waals surface area contributed by atoms with E-state index in [0.717, 1.165) is 36.0 Å². The lowest BCUT2D eigenvalue weighted by atomic mass is 10.2. The van der Waals surface area contributed by atoms with Crippen LogP contribution in [0, 0.1) is 6.92 Å². The van der Waals surface area contributed by atoms with E-state index in [1.54, 1.807) is 0 Å². The summed E-state index contributed by atoms with van der Waals surface area (Å²) in [5, 5.41) is 4.02. The molecule has 0 aliphatic carbocycles. The van der Waals surface area contributed by atoms with Crippen molar-refractivity contribution in [1.82, 2.24) is 25.0 Å². The smallest absolute Gasteiger partial charge is 0.227 e. The van der Waals surface area contributed by atoms with Crippen LogP contribution < -0.4 is 4.90 Å². The predicted molar refractivity (Wildman–Crippen MR) is 118 cm³/mol. The van der Waals surface area contributed by atoms with Gasteiger partial charge < -0.3 is 14.3 Å². The Morgan fingerprint density at radius 1 is 1.06 bits per heavy atom. The summed E-state index contributed by atoms with van der Waals surface area (Å²) in [5.41, 5.74) is 1.88. The SMILES string of the molecule is Cc1cc(N2CCN(C(=O)CCc3nc(-c4ccccc4)no3)CC2)nc(C(C)C)n1. The van der Waals surface area contributed by atoms with Crippen LogP contribution in [0.4, 0.5) is 5.82 Å². The van der Waals surface area contributed by atoms with Gasteiger partial charge in [-0.15, -0.1) is 0 Å². The van der Waals surface area contributed by atoms with Gasteiger partial charge in [-0.1, -0.05) is 49.3 Å². The highest BCUT2D eigenvalue weighted by Crippen LogP contribution is 2.19. The molecule has 1 amide bonds. The van der Waals surface area contributed by atoms with Crippen LogP contribution in [-0.2, 0) is 11.2 Å². The van der Waals surface area contributed by atoms with Gasteiger partial charge in [-0.25, -0.2) is 9.97 Å². The number of nitrogens with zero attached hydrogens (tertiary/aromatic N) is 6. The summed E-state index contributed by atoms with van der Waals surface area (Å²) in [6.07, 6.45) is 0.808. The lowest BCUT2D eigenvalue weighted by Crippen LogP contribution is -2.49. The zero-order valence-electron chi connectivity index (χ0n) is 18.3. The van der Waals surface area contributed by atoms with E-state index in [1.807, 2.05) is 48.2 Å².